The summed E-state index contributed by atoms with van der Waals surface area (Å²) in [5, 5.41) is 5.01. The predicted octanol–water partition coefficient (Wildman–Crippen LogP) is 0.371. The Morgan fingerprint density at radius 2 is 2.31 bits per heavy atom. The fourth-order valence-corrected chi connectivity index (χ4v) is 3.07. The molecule has 2 N–H and O–H groups in total. The van der Waals surface area contributed by atoms with E-state index in [4.69, 9.17) is 5.14 Å². The molecule has 1 aromatic heterocycles. The van der Waals surface area contributed by atoms with E-state index in [1.165, 1.54) is 11.3 Å². The molecule has 4 nitrogen and oxygen atoms in total. The summed E-state index contributed by atoms with van der Waals surface area (Å²) in [4.78, 5) is 4.98. The third-order valence-electron chi connectivity index (χ3n) is 1.82. The molecule has 0 spiro atoms. The van der Waals surface area contributed by atoms with Crippen LogP contribution in [0.15, 0.2) is 15.3 Å². The first-order chi connectivity index (χ1) is 6.07. The number of fused-ring (bicyclic) bond motifs is 1. The fraction of sp³-hybridized carbons (Fsp3) is 0.286. The molecule has 13 heavy (non-hydrogen) atoms. The summed E-state index contributed by atoms with van der Waals surface area (Å²) < 4.78 is 22.2. The van der Waals surface area contributed by atoms with Crippen molar-refractivity contribution in [2.24, 2.45) is 10.1 Å². The summed E-state index contributed by atoms with van der Waals surface area (Å²) in [5.41, 5.74) is 1.03. The molecule has 0 fully saturated rings. The molecule has 0 aromatic carbocycles. The van der Waals surface area contributed by atoms with Crippen molar-refractivity contribution in [3.05, 3.63) is 16.5 Å². The summed E-state index contributed by atoms with van der Waals surface area (Å²) in [6.07, 6.45) is 2.51. The van der Waals surface area contributed by atoms with E-state index in [0.717, 1.165) is 23.4 Å². The van der Waals surface area contributed by atoms with E-state index in [1.807, 2.05) is 0 Å². The molecule has 0 saturated carbocycles. The second kappa shape index (κ2) is 2.90. The van der Waals surface area contributed by atoms with Gasteiger partial charge in [-0.15, -0.1) is 11.3 Å². The van der Waals surface area contributed by atoms with E-state index in [-0.39, 0.29) is 4.21 Å². The summed E-state index contributed by atoms with van der Waals surface area (Å²) >= 11 is 1.18. The predicted molar refractivity (Wildman–Crippen MR) is 51.9 cm³/mol. The zero-order valence-corrected chi connectivity index (χ0v) is 8.36. The quantitative estimate of drug-likeness (QED) is 0.736. The van der Waals surface area contributed by atoms with Gasteiger partial charge in [0.15, 0.2) is 0 Å². The van der Waals surface area contributed by atoms with Gasteiger partial charge in [0.05, 0.1) is 0 Å². The van der Waals surface area contributed by atoms with Gasteiger partial charge in [0.2, 0.25) is 10.0 Å². The number of sulfonamides is 1. The van der Waals surface area contributed by atoms with E-state index in [1.54, 1.807) is 12.3 Å². The Morgan fingerprint density at radius 3 is 2.92 bits per heavy atom. The molecule has 0 atom stereocenters. The van der Waals surface area contributed by atoms with Gasteiger partial charge in [-0.1, -0.05) is 0 Å². The maximum Gasteiger partial charge on any atom is 0.247 e. The highest BCUT2D eigenvalue weighted by atomic mass is 32.2. The molecule has 0 saturated heterocycles. The van der Waals surface area contributed by atoms with Gasteiger partial charge in [0, 0.05) is 17.6 Å². The molecule has 1 aromatic rings. The van der Waals surface area contributed by atoms with Gasteiger partial charge < -0.3 is 0 Å². The minimum atomic E-state index is -3.54. The zero-order valence-electron chi connectivity index (χ0n) is 6.73. The van der Waals surface area contributed by atoms with Crippen LogP contribution < -0.4 is 5.14 Å². The van der Waals surface area contributed by atoms with Crippen LogP contribution in [0.2, 0.25) is 0 Å². The van der Waals surface area contributed by atoms with Crippen LogP contribution in [0, 0.1) is 0 Å². The van der Waals surface area contributed by atoms with Crippen LogP contribution in [-0.2, 0) is 16.4 Å². The minimum absolute atomic E-state index is 0.228. The first-order valence-corrected chi connectivity index (χ1v) is 6.09. The number of hydrogen-bond donors (Lipinski definition) is 1. The highest BCUT2D eigenvalue weighted by Crippen LogP contribution is 2.26. The third kappa shape index (κ3) is 1.65. The first kappa shape index (κ1) is 8.86. The van der Waals surface area contributed by atoms with Crippen LogP contribution in [0.4, 0.5) is 0 Å². The van der Waals surface area contributed by atoms with Crippen molar-refractivity contribution in [2.75, 3.05) is 6.54 Å². The van der Waals surface area contributed by atoms with Gasteiger partial charge in [0.25, 0.3) is 0 Å². The summed E-state index contributed by atoms with van der Waals surface area (Å²) in [6.45, 7) is 0.730. The monoisotopic (exact) mass is 216 g/mol. The van der Waals surface area contributed by atoms with Crippen LogP contribution in [0.25, 0.3) is 0 Å². The summed E-state index contributed by atoms with van der Waals surface area (Å²) in [7, 11) is -3.54. The number of primary sulfonamides is 1. The van der Waals surface area contributed by atoms with Gasteiger partial charge in [0.1, 0.15) is 4.21 Å². The van der Waals surface area contributed by atoms with E-state index < -0.39 is 10.0 Å². The zero-order chi connectivity index (χ0) is 9.47. The van der Waals surface area contributed by atoms with Crippen molar-refractivity contribution in [1.29, 1.82) is 0 Å². The molecule has 2 heterocycles. The number of nitrogens with two attached hydrogens (primary N) is 1. The standard InChI is InChI=1S/C7H8N2O2S2/c8-13(10,11)7-3-5-1-2-9-4-6(5)12-7/h3-4H,1-2H2,(H2,8,10,11). The van der Waals surface area contributed by atoms with Crippen LogP contribution in [0.3, 0.4) is 0 Å². The molecule has 1 aliphatic rings. The Morgan fingerprint density at radius 1 is 1.54 bits per heavy atom. The Labute approximate surface area is 80.2 Å². The van der Waals surface area contributed by atoms with Crippen LogP contribution in [-0.4, -0.2) is 21.2 Å². The van der Waals surface area contributed by atoms with Gasteiger partial charge in [-0.2, -0.15) is 0 Å². The molecule has 6 heteroatoms. The number of rotatable bonds is 1. The minimum Gasteiger partial charge on any atom is -0.291 e. The normalized spacial score (nSPS) is 15.8. The lowest BCUT2D eigenvalue weighted by atomic mass is 10.2. The van der Waals surface area contributed by atoms with Crippen molar-refractivity contribution in [2.45, 2.75) is 10.6 Å². The van der Waals surface area contributed by atoms with Gasteiger partial charge in [-0.05, 0) is 18.1 Å². The van der Waals surface area contributed by atoms with E-state index >= 15 is 0 Å². The van der Waals surface area contributed by atoms with Crippen molar-refractivity contribution < 1.29 is 8.42 Å². The molecule has 0 radical (unpaired) electrons. The molecule has 70 valence electrons. The number of aliphatic imine (C=N–C) groups is 1. The largest absolute Gasteiger partial charge is 0.291 e. The van der Waals surface area contributed by atoms with E-state index in [2.05, 4.69) is 4.99 Å². The van der Waals surface area contributed by atoms with Crippen molar-refractivity contribution in [3.63, 3.8) is 0 Å². The molecule has 0 aliphatic carbocycles. The lowest BCUT2D eigenvalue weighted by molar-refractivity contribution is 0.599. The molecule has 2 rings (SSSR count). The van der Waals surface area contributed by atoms with Crippen LogP contribution in [0.1, 0.15) is 10.4 Å². The maximum atomic E-state index is 11.0. The average molecular weight is 216 g/mol. The summed E-state index contributed by atoms with van der Waals surface area (Å²) in [5.74, 6) is 0. The molecule has 0 bridgehead atoms. The van der Waals surface area contributed by atoms with Crippen molar-refractivity contribution in [1.82, 2.24) is 0 Å². The van der Waals surface area contributed by atoms with Crippen LogP contribution >= 0.6 is 11.3 Å². The molecular weight excluding hydrogens is 208 g/mol. The maximum absolute atomic E-state index is 11.0. The Hall–Kier alpha value is -0.720. The van der Waals surface area contributed by atoms with Crippen LogP contribution in [0.5, 0.6) is 0 Å². The molecule has 0 amide bonds. The molecule has 1 aliphatic heterocycles. The fourth-order valence-electron chi connectivity index (χ4n) is 1.19. The van der Waals surface area contributed by atoms with E-state index in [0.29, 0.717) is 0 Å². The second-order valence-corrected chi connectivity index (χ2v) is 5.66. The summed E-state index contributed by atoms with van der Waals surface area (Å²) in [6, 6.07) is 1.64. The smallest absolute Gasteiger partial charge is 0.247 e. The van der Waals surface area contributed by atoms with Gasteiger partial charge >= 0.3 is 0 Å². The van der Waals surface area contributed by atoms with Gasteiger partial charge in [-0.3, -0.25) is 4.99 Å². The molecule has 0 unspecified atom stereocenters. The molecular formula is C7H8N2O2S2. The Bertz CT molecular complexity index is 459. The number of thiophene rings is 1. The SMILES string of the molecule is NS(=O)(=O)c1cc2c(s1)C=NCC2. The average Bonchev–Trinajstić information content (AvgIpc) is 2.45. The lowest BCUT2D eigenvalue weighted by Gasteiger charge is -2.00. The first-order valence-electron chi connectivity index (χ1n) is 3.73. The lowest BCUT2D eigenvalue weighted by Crippen LogP contribution is -2.10. The van der Waals surface area contributed by atoms with E-state index in [9.17, 15) is 8.42 Å². The van der Waals surface area contributed by atoms with Crippen molar-refractivity contribution >= 4 is 27.6 Å². The number of nitrogens with zero attached hydrogens (tertiary/aromatic N) is 1. The Kier molecular flexibility index (Phi) is 1.98. The van der Waals surface area contributed by atoms with Gasteiger partial charge in [-0.25, -0.2) is 13.6 Å². The highest BCUT2D eigenvalue weighted by Gasteiger charge is 2.16. The number of hydrogen-bond acceptors (Lipinski definition) is 4. The van der Waals surface area contributed by atoms with Crippen molar-refractivity contribution in [3.8, 4) is 0 Å². The topological polar surface area (TPSA) is 72.5 Å². The highest BCUT2D eigenvalue weighted by molar-refractivity contribution is 7.91. The second-order valence-electron chi connectivity index (χ2n) is 2.79. The Balaban J connectivity index is 2.55. The third-order valence-corrected chi connectivity index (χ3v) is 4.35.